The number of rotatable bonds is 4. The Morgan fingerprint density at radius 2 is 1.95 bits per heavy atom. The van der Waals surface area contributed by atoms with Gasteiger partial charge in [-0.15, -0.1) is 5.10 Å². The Hall–Kier alpha value is -1.92. The summed E-state index contributed by atoms with van der Waals surface area (Å²) in [6.07, 6.45) is 0. The number of benzene rings is 1. The highest BCUT2D eigenvalue weighted by atomic mass is 35.5. The van der Waals surface area contributed by atoms with Crippen LogP contribution in [0, 0.1) is 6.92 Å². The van der Waals surface area contributed by atoms with Crippen molar-refractivity contribution in [3.63, 3.8) is 0 Å². The molecule has 22 heavy (non-hydrogen) atoms. The highest BCUT2D eigenvalue weighted by molar-refractivity contribution is 6.30. The summed E-state index contributed by atoms with van der Waals surface area (Å²) in [6, 6.07) is 7.11. The van der Waals surface area contributed by atoms with E-state index in [2.05, 4.69) is 10.1 Å². The Kier molecular flexibility index (Phi) is 4.53. The minimum absolute atomic E-state index is 0.0965. The normalized spacial score (nSPS) is 11.5. The molecule has 1 heterocycles. The van der Waals surface area contributed by atoms with E-state index < -0.39 is 5.60 Å². The highest BCUT2D eigenvalue weighted by Crippen LogP contribution is 2.15. The molecule has 0 aliphatic rings. The Bertz CT molecular complexity index is 674. The highest BCUT2D eigenvalue weighted by Gasteiger charge is 2.23. The van der Waals surface area contributed by atoms with Gasteiger partial charge in [0.2, 0.25) is 5.82 Å². The first-order valence-electron chi connectivity index (χ1n) is 6.85. The first-order chi connectivity index (χ1) is 10.2. The predicted molar refractivity (Wildman–Crippen MR) is 84.4 cm³/mol. The number of hydrogen-bond donors (Lipinski definition) is 1. The lowest BCUT2D eigenvalue weighted by Crippen LogP contribution is -2.40. The molecule has 1 aromatic heterocycles. The number of carbonyl (C=O) groups excluding carboxylic acids is 1. The lowest BCUT2D eigenvalue weighted by atomic mass is 10.1. The first-order valence-corrected chi connectivity index (χ1v) is 7.22. The van der Waals surface area contributed by atoms with Gasteiger partial charge < -0.3 is 10.0 Å². The zero-order chi connectivity index (χ0) is 16.5. The fourth-order valence-electron chi connectivity index (χ4n) is 2.13. The number of aryl methyl sites for hydroxylation is 1. The Balaban J connectivity index is 2.26. The summed E-state index contributed by atoms with van der Waals surface area (Å²) >= 11 is 5.87. The predicted octanol–water partition coefficient (Wildman–Crippen LogP) is 2.07. The molecule has 0 bridgehead atoms. The van der Waals surface area contributed by atoms with Gasteiger partial charge in [0.05, 0.1) is 11.3 Å². The molecule has 1 N–H and O–H groups in total. The molecule has 0 spiro atoms. The van der Waals surface area contributed by atoms with Crippen LogP contribution >= 0.6 is 11.6 Å². The van der Waals surface area contributed by atoms with Crippen LogP contribution in [0.5, 0.6) is 0 Å². The lowest BCUT2D eigenvalue weighted by molar-refractivity contribution is 0.0361. The minimum Gasteiger partial charge on any atom is -0.389 e. The van der Waals surface area contributed by atoms with Crippen molar-refractivity contribution in [3.8, 4) is 5.69 Å². The van der Waals surface area contributed by atoms with Gasteiger partial charge in [0.25, 0.3) is 5.91 Å². The van der Waals surface area contributed by atoms with Crippen molar-refractivity contribution >= 4 is 17.5 Å². The number of aliphatic hydroxyl groups is 1. The van der Waals surface area contributed by atoms with Crippen LogP contribution < -0.4 is 0 Å². The molecule has 0 saturated heterocycles. The second-order valence-electron chi connectivity index (χ2n) is 5.84. The summed E-state index contributed by atoms with van der Waals surface area (Å²) in [5.41, 5.74) is -0.198. The van der Waals surface area contributed by atoms with Crippen LogP contribution in [0.1, 0.15) is 30.3 Å². The molecule has 0 aliphatic heterocycles. The molecular formula is C15H19ClN4O2. The van der Waals surface area contributed by atoms with Crippen LogP contribution in [0.15, 0.2) is 24.3 Å². The van der Waals surface area contributed by atoms with E-state index in [1.165, 1.54) is 4.90 Å². The fourth-order valence-corrected chi connectivity index (χ4v) is 2.26. The second-order valence-corrected chi connectivity index (χ2v) is 6.28. The van der Waals surface area contributed by atoms with Crippen molar-refractivity contribution in [1.29, 1.82) is 0 Å². The summed E-state index contributed by atoms with van der Waals surface area (Å²) in [6.45, 7) is 5.25. The maximum atomic E-state index is 12.3. The molecule has 6 nitrogen and oxygen atoms in total. The van der Waals surface area contributed by atoms with E-state index in [4.69, 9.17) is 11.6 Å². The third kappa shape index (κ3) is 3.84. The Morgan fingerprint density at radius 1 is 1.36 bits per heavy atom. The number of aromatic nitrogens is 3. The van der Waals surface area contributed by atoms with Crippen LogP contribution in [0.2, 0.25) is 5.02 Å². The fraction of sp³-hybridized carbons (Fsp3) is 0.400. The van der Waals surface area contributed by atoms with E-state index in [-0.39, 0.29) is 18.3 Å². The van der Waals surface area contributed by atoms with Crippen LogP contribution in [-0.4, -0.2) is 49.9 Å². The monoisotopic (exact) mass is 322 g/mol. The van der Waals surface area contributed by atoms with Gasteiger partial charge >= 0.3 is 0 Å². The number of nitrogens with zero attached hydrogens (tertiary/aromatic N) is 4. The van der Waals surface area contributed by atoms with E-state index in [9.17, 15) is 9.90 Å². The molecule has 118 valence electrons. The summed E-state index contributed by atoms with van der Waals surface area (Å²) in [5.74, 6) is 0.361. The molecule has 0 fully saturated rings. The van der Waals surface area contributed by atoms with Gasteiger partial charge in [-0.1, -0.05) is 11.6 Å². The number of amides is 1. The minimum atomic E-state index is -0.974. The first kappa shape index (κ1) is 16.5. The van der Waals surface area contributed by atoms with Gasteiger partial charge in [-0.05, 0) is 45.0 Å². The van der Waals surface area contributed by atoms with Crippen molar-refractivity contribution in [3.05, 3.63) is 40.9 Å². The van der Waals surface area contributed by atoms with Crippen molar-refractivity contribution < 1.29 is 9.90 Å². The third-order valence-electron chi connectivity index (χ3n) is 3.00. The van der Waals surface area contributed by atoms with Crippen molar-refractivity contribution in [2.24, 2.45) is 0 Å². The standard InChI is InChI=1S/C15H19ClN4O2/c1-10-17-13(14(21)19(4)9-15(2,3)22)18-20(10)12-7-5-11(16)6-8-12/h5-8,22H,9H2,1-4H3. The van der Waals surface area contributed by atoms with Crippen molar-refractivity contribution in [2.45, 2.75) is 26.4 Å². The molecule has 2 rings (SSSR count). The number of hydrogen-bond acceptors (Lipinski definition) is 4. The van der Waals surface area contributed by atoms with Crippen LogP contribution in [0.4, 0.5) is 0 Å². The van der Waals surface area contributed by atoms with E-state index in [1.54, 1.807) is 56.8 Å². The van der Waals surface area contributed by atoms with Gasteiger partial charge in [-0.25, -0.2) is 9.67 Å². The van der Waals surface area contributed by atoms with Gasteiger partial charge in [-0.2, -0.15) is 0 Å². The van der Waals surface area contributed by atoms with Gasteiger partial charge in [0, 0.05) is 18.6 Å². The zero-order valence-corrected chi connectivity index (χ0v) is 13.8. The number of likely N-dealkylation sites (N-methyl/N-ethyl adjacent to an activating group) is 1. The largest absolute Gasteiger partial charge is 0.389 e. The molecule has 0 atom stereocenters. The van der Waals surface area contributed by atoms with Crippen LogP contribution in [0.25, 0.3) is 5.69 Å². The van der Waals surface area contributed by atoms with Crippen LogP contribution in [-0.2, 0) is 0 Å². The van der Waals surface area contributed by atoms with Crippen molar-refractivity contribution in [2.75, 3.05) is 13.6 Å². The van der Waals surface area contributed by atoms with E-state index >= 15 is 0 Å². The Morgan fingerprint density at radius 3 is 2.50 bits per heavy atom. The molecule has 0 saturated carbocycles. The topological polar surface area (TPSA) is 71.2 Å². The number of halogens is 1. The summed E-state index contributed by atoms with van der Waals surface area (Å²) in [4.78, 5) is 17.9. The number of carbonyl (C=O) groups is 1. The molecule has 1 aromatic carbocycles. The second kappa shape index (κ2) is 6.06. The Labute approximate surface area is 134 Å². The SMILES string of the molecule is Cc1nc(C(=O)N(C)CC(C)(C)O)nn1-c1ccc(Cl)cc1. The van der Waals surface area contributed by atoms with E-state index in [0.717, 1.165) is 5.69 Å². The van der Waals surface area contributed by atoms with E-state index in [1.807, 2.05) is 0 Å². The molecule has 2 aromatic rings. The van der Waals surface area contributed by atoms with Gasteiger partial charge in [-0.3, -0.25) is 4.79 Å². The summed E-state index contributed by atoms with van der Waals surface area (Å²) in [5, 5.41) is 14.7. The summed E-state index contributed by atoms with van der Waals surface area (Å²) < 4.78 is 1.58. The molecular weight excluding hydrogens is 304 g/mol. The van der Waals surface area contributed by atoms with Gasteiger partial charge in [0.1, 0.15) is 5.82 Å². The molecule has 7 heteroatoms. The molecule has 1 amide bonds. The smallest absolute Gasteiger partial charge is 0.293 e. The third-order valence-corrected chi connectivity index (χ3v) is 3.25. The van der Waals surface area contributed by atoms with E-state index in [0.29, 0.717) is 10.8 Å². The van der Waals surface area contributed by atoms with Crippen LogP contribution in [0.3, 0.4) is 0 Å². The maximum absolute atomic E-state index is 12.3. The zero-order valence-electron chi connectivity index (χ0n) is 13.0. The van der Waals surface area contributed by atoms with Gasteiger partial charge in [0.15, 0.2) is 0 Å². The molecule has 0 aliphatic carbocycles. The molecule has 0 unspecified atom stereocenters. The average Bonchev–Trinajstić information content (AvgIpc) is 2.79. The lowest BCUT2D eigenvalue weighted by Gasteiger charge is -2.24. The van der Waals surface area contributed by atoms with Crippen molar-refractivity contribution in [1.82, 2.24) is 19.7 Å². The maximum Gasteiger partial charge on any atom is 0.293 e. The average molecular weight is 323 g/mol. The molecule has 0 radical (unpaired) electrons. The quantitative estimate of drug-likeness (QED) is 0.935. The summed E-state index contributed by atoms with van der Waals surface area (Å²) in [7, 11) is 1.61.